The van der Waals surface area contributed by atoms with Gasteiger partial charge in [0.15, 0.2) is 0 Å². The summed E-state index contributed by atoms with van der Waals surface area (Å²) in [6, 6.07) is 8.70. The number of rotatable bonds is 2. The van der Waals surface area contributed by atoms with Gasteiger partial charge >= 0.3 is 5.97 Å². The number of ether oxygens (including phenoxy) is 1. The second-order valence-electron chi connectivity index (χ2n) is 3.28. The molecule has 0 bridgehead atoms. The Hall–Kier alpha value is -1.94. The lowest BCUT2D eigenvalue weighted by atomic mass is 10.1. The van der Waals surface area contributed by atoms with Gasteiger partial charge in [-0.2, -0.15) is 0 Å². The molecule has 2 rings (SSSR count). The Labute approximate surface area is 103 Å². The number of nitrogens with zero attached hydrogens (tertiary/aromatic N) is 2. The van der Waals surface area contributed by atoms with Crippen molar-refractivity contribution in [3.8, 4) is 11.3 Å². The highest BCUT2D eigenvalue weighted by Gasteiger charge is 2.07. The van der Waals surface area contributed by atoms with Crippen molar-refractivity contribution in [2.45, 2.75) is 0 Å². The molecule has 0 amide bonds. The molecule has 86 valence electrons. The number of carbonyl (C=O) groups excluding carboxylic acids is 1. The maximum absolute atomic E-state index is 11.4. The molecule has 0 unspecified atom stereocenters. The number of aromatic nitrogens is 2. The molecule has 1 aromatic carbocycles. The average molecular weight is 249 g/mol. The predicted octanol–water partition coefficient (Wildman–Crippen LogP) is 2.58. The van der Waals surface area contributed by atoms with E-state index in [4.69, 9.17) is 11.6 Å². The van der Waals surface area contributed by atoms with Gasteiger partial charge in [0.25, 0.3) is 0 Å². The van der Waals surface area contributed by atoms with Crippen molar-refractivity contribution >= 4 is 17.6 Å². The van der Waals surface area contributed by atoms with E-state index in [0.717, 1.165) is 5.56 Å². The highest BCUT2D eigenvalue weighted by atomic mass is 35.5. The average Bonchev–Trinajstić information content (AvgIpc) is 2.38. The van der Waals surface area contributed by atoms with Crippen molar-refractivity contribution < 1.29 is 9.53 Å². The SMILES string of the molecule is COC(=O)c1cccc(-c2ccnc(Cl)n2)c1. The maximum Gasteiger partial charge on any atom is 0.337 e. The zero-order valence-electron chi connectivity index (χ0n) is 9.05. The van der Waals surface area contributed by atoms with Crippen LogP contribution in [0.1, 0.15) is 10.4 Å². The molecule has 0 N–H and O–H groups in total. The highest BCUT2D eigenvalue weighted by Crippen LogP contribution is 2.19. The van der Waals surface area contributed by atoms with E-state index in [1.807, 2.05) is 6.07 Å². The van der Waals surface area contributed by atoms with Crippen LogP contribution in [-0.4, -0.2) is 23.0 Å². The number of halogens is 1. The lowest BCUT2D eigenvalue weighted by Gasteiger charge is -2.03. The standard InChI is InChI=1S/C12H9ClN2O2/c1-17-11(16)9-4-2-3-8(7-9)10-5-6-14-12(13)15-10/h2-7H,1H3. The molecule has 17 heavy (non-hydrogen) atoms. The molecule has 2 aromatic rings. The van der Waals surface area contributed by atoms with E-state index in [1.165, 1.54) is 7.11 Å². The van der Waals surface area contributed by atoms with Gasteiger partial charge in [-0.25, -0.2) is 14.8 Å². The Bertz CT molecular complexity index is 558. The summed E-state index contributed by atoms with van der Waals surface area (Å²) in [6.07, 6.45) is 1.56. The molecule has 0 atom stereocenters. The zero-order chi connectivity index (χ0) is 12.3. The van der Waals surface area contributed by atoms with Gasteiger partial charge in [0.2, 0.25) is 5.28 Å². The van der Waals surface area contributed by atoms with Crippen LogP contribution in [0.3, 0.4) is 0 Å². The first kappa shape index (κ1) is 11.5. The molecule has 0 aliphatic heterocycles. The van der Waals surface area contributed by atoms with Crippen LogP contribution in [0.25, 0.3) is 11.3 Å². The molecular weight excluding hydrogens is 240 g/mol. The number of benzene rings is 1. The van der Waals surface area contributed by atoms with Crippen LogP contribution in [0, 0.1) is 0 Å². The number of esters is 1. The van der Waals surface area contributed by atoms with E-state index < -0.39 is 0 Å². The molecule has 0 spiro atoms. The summed E-state index contributed by atoms with van der Waals surface area (Å²) < 4.78 is 4.65. The van der Waals surface area contributed by atoms with Crippen LogP contribution in [0.4, 0.5) is 0 Å². The fourth-order valence-electron chi connectivity index (χ4n) is 1.42. The van der Waals surface area contributed by atoms with Crippen molar-refractivity contribution in [1.29, 1.82) is 0 Å². The molecule has 1 aromatic heterocycles. The van der Waals surface area contributed by atoms with E-state index in [0.29, 0.717) is 11.3 Å². The summed E-state index contributed by atoms with van der Waals surface area (Å²) in [5.74, 6) is -0.382. The van der Waals surface area contributed by atoms with E-state index in [9.17, 15) is 4.79 Å². The second kappa shape index (κ2) is 4.93. The van der Waals surface area contributed by atoms with E-state index in [1.54, 1.807) is 30.5 Å². The van der Waals surface area contributed by atoms with Crippen LogP contribution in [0.5, 0.6) is 0 Å². The minimum absolute atomic E-state index is 0.172. The lowest BCUT2D eigenvalue weighted by Crippen LogP contribution is -2.01. The first-order valence-electron chi connectivity index (χ1n) is 4.88. The third-order valence-corrected chi connectivity index (χ3v) is 2.39. The topological polar surface area (TPSA) is 52.1 Å². The first-order chi connectivity index (χ1) is 8.20. The van der Waals surface area contributed by atoms with Crippen molar-refractivity contribution in [2.24, 2.45) is 0 Å². The van der Waals surface area contributed by atoms with Crippen LogP contribution < -0.4 is 0 Å². The Morgan fingerprint density at radius 3 is 2.88 bits per heavy atom. The molecule has 1 heterocycles. The van der Waals surface area contributed by atoms with Gasteiger partial charge in [-0.3, -0.25) is 0 Å². The molecule has 4 nitrogen and oxygen atoms in total. The Balaban J connectivity index is 2.43. The van der Waals surface area contributed by atoms with Gasteiger partial charge in [0.05, 0.1) is 18.4 Å². The van der Waals surface area contributed by atoms with E-state index in [2.05, 4.69) is 14.7 Å². The van der Waals surface area contributed by atoms with E-state index in [-0.39, 0.29) is 11.3 Å². The summed E-state index contributed by atoms with van der Waals surface area (Å²) in [5.41, 5.74) is 1.92. The predicted molar refractivity (Wildman–Crippen MR) is 63.8 cm³/mol. The molecule has 0 aliphatic rings. The number of hydrogen-bond donors (Lipinski definition) is 0. The van der Waals surface area contributed by atoms with Crippen LogP contribution in [0.15, 0.2) is 36.5 Å². The van der Waals surface area contributed by atoms with Crippen LogP contribution >= 0.6 is 11.6 Å². The summed E-state index contributed by atoms with van der Waals surface area (Å²) in [4.78, 5) is 19.3. The number of hydrogen-bond acceptors (Lipinski definition) is 4. The second-order valence-corrected chi connectivity index (χ2v) is 3.62. The third kappa shape index (κ3) is 2.60. The molecule has 0 saturated heterocycles. The smallest absolute Gasteiger partial charge is 0.337 e. The van der Waals surface area contributed by atoms with Crippen LogP contribution in [-0.2, 0) is 4.74 Å². The van der Waals surface area contributed by atoms with Crippen molar-refractivity contribution in [3.05, 3.63) is 47.4 Å². The van der Waals surface area contributed by atoms with Crippen molar-refractivity contribution in [3.63, 3.8) is 0 Å². The Morgan fingerprint density at radius 2 is 2.18 bits per heavy atom. The normalized spacial score (nSPS) is 10.0. The quantitative estimate of drug-likeness (QED) is 0.606. The molecular formula is C12H9ClN2O2. The monoisotopic (exact) mass is 248 g/mol. The van der Waals surface area contributed by atoms with E-state index >= 15 is 0 Å². The molecule has 0 fully saturated rings. The van der Waals surface area contributed by atoms with Gasteiger partial charge in [-0.15, -0.1) is 0 Å². The molecule has 5 heteroatoms. The first-order valence-corrected chi connectivity index (χ1v) is 5.26. The zero-order valence-corrected chi connectivity index (χ0v) is 9.81. The van der Waals surface area contributed by atoms with Crippen molar-refractivity contribution in [1.82, 2.24) is 9.97 Å². The largest absolute Gasteiger partial charge is 0.465 e. The Kier molecular flexibility index (Phi) is 3.35. The van der Waals surface area contributed by atoms with Gasteiger partial charge in [0, 0.05) is 11.8 Å². The van der Waals surface area contributed by atoms with Crippen molar-refractivity contribution in [2.75, 3.05) is 7.11 Å². The third-order valence-electron chi connectivity index (χ3n) is 2.21. The summed E-state index contributed by atoms with van der Waals surface area (Å²) in [7, 11) is 1.34. The maximum atomic E-state index is 11.4. The van der Waals surface area contributed by atoms with Gasteiger partial charge in [-0.1, -0.05) is 12.1 Å². The summed E-state index contributed by atoms with van der Waals surface area (Å²) in [6.45, 7) is 0. The Morgan fingerprint density at radius 1 is 1.35 bits per heavy atom. The molecule has 0 saturated carbocycles. The minimum atomic E-state index is -0.382. The van der Waals surface area contributed by atoms with Gasteiger partial charge < -0.3 is 4.74 Å². The highest BCUT2D eigenvalue weighted by molar-refractivity contribution is 6.28. The number of carbonyl (C=O) groups is 1. The van der Waals surface area contributed by atoms with Gasteiger partial charge in [-0.05, 0) is 29.8 Å². The summed E-state index contributed by atoms with van der Waals surface area (Å²) >= 11 is 5.71. The minimum Gasteiger partial charge on any atom is -0.465 e. The molecule has 0 aliphatic carbocycles. The fourth-order valence-corrected chi connectivity index (χ4v) is 1.57. The lowest BCUT2D eigenvalue weighted by molar-refractivity contribution is 0.0601. The fraction of sp³-hybridized carbons (Fsp3) is 0.0833. The molecule has 0 radical (unpaired) electrons. The summed E-state index contributed by atoms with van der Waals surface area (Å²) in [5, 5.41) is 0.172. The van der Waals surface area contributed by atoms with Crippen LogP contribution in [0.2, 0.25) is 5.28 Å². The van der Waals surface area contributed by atoms with Gasteiger partial charge in [0.1, 0.15) is 0 Å². The number of methoxy groups -OCH3 is 1.